The number of rotatable bonds is 1. The Morgan fingerprint density at radius 1 is 1.44 bits per heavy atom. The molecule has 5 heteroatoms. The monoisotopic (exact) mass is 226 g/mol. The summed E-state index contributed by atoms with van der Waals surface area (Å²) < 4.78 is 5.21. The van der Waals surface area contributed by atoms with Crippen molar-refractivity contribution in [2.24, 2.45) is 5.73 Å². The zero-order valence-corrected chi connectivity index (χ0v) is 9.95. The summed E-state index contributed by atoms with van der Waals surface area (Å²) in [6.07, 6.45) is 1.82. The van der Waals surface area contributed by atoms with E-state index >= 15 is 0 Å². The van der Waals surface area contributed by atoms with Crippen LogP contribution in [0.4, 0.5) is 4.79 Å². The van der Waals surface area contributed by atoms with Crippen LogP contribution < -0.4 is 5.73 Å². The number of carbonyl (C=O) groups is 2. The number of hydrogen-bond acceptors (Lipinski definition) is 3. The first-order chi connectivity index (χ1) is 7.29. The Balaban J connectivity index is 2.54. The van der Waals surface area contributed by atoms with E-state index in [9.17, 15) is 9.59 Å². The Bertz CT molecular complexity index is 329. The van der Waals surface area contributed by atoms with Crippen LogP contribution in [0.3, 0.4) is 0 Å². The molecule has 5 nitrogen and oxygen atoms in total. The second-order valence-corrected chi connectivity index (χ2v) is 4.77. The molecule has 0 aliphatic carbocycles. The average Bonchev–Trinajstić information content (AvgIpc) is 2.15. The lowest BCUT2D eigenvalue weighted by Crippen LogP contribution is -2.40. The smallest absolute Gasteiger partial charge is 0.410 e. The van der Waals surface area contributed by atoms with E-state index in [2.05, 4.69) is 0 Å². The molecule has 0 bridgehead atoms. The van der Waals surface area contributed by atoms with Crippen LogP contribution in [0.2, 0.25) is 0 Å². The van der Waals surface area contributed by atoms with Gasteiger partial charge in [-0.2, -0.15) is 0 Å². The minimum atomic E-state index is -0.495. The largest absolute Gasteiger partial charge is 0.444 e. The third-order valence-electron chi connectivity index (χ3n) is 2.18. The van der Waals surface area contributed by atoms with E-state index in [1.807, 2.05) is 20.8 Å². The fourth-order valence-corrected chi connectivity index (χ4v) is 1.39. The molecule has 0 aromatic heterocycles. The molecule has 0 unspecified atom stereocenters. The van der Waals surface area contributed by atoms with Gasteiger partial charge in [-0.3, -0.25) is 4.79 Å². The maximum atomic E-state index is 11.6. The van der Waals surface area contributed by atoms with Crippen molar-refractivity contribution >= 4 is 12.0 Å². The number of hydrogen-bond donors (Lipinski definition) is 1. The first-order valence-electron chi connectivity index (χ1n) is 5.26. The molecule has 1 aliphatic rings. The number of nitrogens with two attached hydrogens (primary N) is 1. The van der Waals surface area contributed by atoms with Crippen LogP contribution in [0.1, 0.15) is 27.2 Å². The molecule has 0 atom stereocenters. The Hall–Kier alpha value is -1.52. The summed E-state index contributed by atoms with van der Waals surface area (Å²) in [6.45, 7) is 6.31. The highest BCUT2D eigenvalue weighted by Gasteiger charge is 2.24. The molecule has 90 valence electrons. The standard InChI is InChI=1S/C11H18N2O3/c1-11(2,3)16-10(15)13-6-4-8(5-7-13)9(12)14/h4H,5-7H2,1-3H3,(H2,12,14). The third-order valence-corrected chi connectivity index (χ3v) is 2.18. The molecule has 1 heterocycles. The van der Waals surface area contributed by atoms with Crippen LogP contribution in [0, 0.1) is 0 Å². The molecular formula is C11H18N2O3. The predicted octanol–water partition coefficient (Wildman–Crippen LogP) is 1.04. The van der Waals surface area contributed by atoms with Crippen LogP contribution in [-0.2, 0) is 9.53 Å². The van der Waals surface area contributed by atoms with Gasteiger partial charge in [0.05, 0.1) is 0 Å². The summed E-state index contributed by atoms with van der Waals surface area (Å²) >= 11 is 0. The van der Waals surface area contributed by atoms with Gasteiger partial charge in [-0.25, -0.2) is 4.79 Å². The van der Waals surface area contributed by atoms with Gasteiger partial charge in [-0.1, -0.05) is 6.08 Å². The van der Waals surface area contributed by atoms with Crippen molar-refractivity contribution in [2.45, 2.75) is 32.8 Å². The number of carbonyl (C=O) groups excluding carboxylic acids is 2. The molecular weight excluding hydrogens is 208 g/mol. The first kappa shape index (κ1) is 12.5. The van der Waals surface area contributed by atoms with Crippen molar-refractivity contribution < 1.29 is 14.3 Å². The normalized spacial score (nSPS) is 16.7. The molecule has 0 saturated carbocycles. The number of nitrogens with zero attached hydrogens (tertiary/aromatic N) is 1. The first-order valence-corrected chi connectivity index (χ1v) is 5.26. The van der Waals surface area contributed by atoms with E-state index in [-0.39, 0.29) is 6.09 Å². The Morgan fingerprint density at radius 2 is 2.06 bits per heavy atom. The van der Waals surface area contributed by atoms with Crippen molar-refractivity contribution in [3.8, 4) is 0 Å². The fourth-order valence-electron chi connectivity index (χ4n) is 1.39. The molecule has 0 aromatic rings. The quantitative estimate of drug-likeness (QED) is 0.726. The van der Waals surface area contributed by atoms with E-state index in [0.29, 0.717) is 25.1 Å². The molecule has 0 fully saturated rings. The molecule has 0 spiro atoms. The van der Waals surface area contributed by atoms with E-state index in [4.69, 9.17) is 10.5 Å². The predicted molar refractivity (Wildman–Crippen MR) is 59.7 cm³/mol. The highest BCUT2D eigenvalue weighted by atomic mass is 16.6. The van der Waals surface area contributed by atoms with Gasteiger partial charge in [-0.15, -0.1) is 0 Å². The van der Waals surface area contributed by atoms with Crippen LogP contribution in [-0.4, -0.2) is 35.6 Å². The Labute approximate surface area is 95.2 Å². The Morgan fingerprint density at radius 3 is 2.44 bits per heavy atom. The van der Waals surface area contributed by atoms with E-state index in [0.717, 1.165) is 0 Å². The van der Waals surface area contributed by atoms with Gasteiger partial charge in [0.25, 0.3) is 0 Å². The molecule has 16 heavy (non-hydrogen) atoms. The van der Waals surface area contributed by atoms with Crippen LogP contribution in [0.25, 0.3) is 0 Å². The van der Waals surface area contributed by atoms with Crippen molar-refractivity contribution in [1.82, 2.24) is 4.90 Å². The van der Waals surface area contributed by atoms with Gasteiger partial charge in [-0.05, 0) is 27.2 Å². The summed E-state index contributed by atoms with van der Waals surface area (Å²) in [4.78, 5) is 24.1. The summed E-state index contributed by atoms with van der Waals surface area (Å²) in [5.41, 5.74) is 5.24. The van der Waals surface area contributed by atoms with Gasteiger partial charge in [0, 0.05) is 18.7 Å². The van der Waals surface area contributed by atoms with E-state index in [1.165, 1.54) is 0 Å². The van der Waals surface area contributed by atoms with Crippen LogP contribution >= 0.6 is 0 Å². The second-order valence-electron chi connectivity index (χ2n) is 4.77. The lowest BCUT2D eigenvalue weighted by atomic mass is 10.1. The maximum Gasteiger partial charge on any atom is 0.410 e. The minimum Gasteiger partial charge on any atom is -0.444 e. The second kappa shape index (κ2) is 4.55. The molecule has 1 aliphatic heterocycles. The number of ether oxygens (including phenoxy) is 1. The average molecular weight is 226 g/mol. The zero-order chi connectivity index (χ0) is 12.3. The zero-order valence-electron chi connectivity index (χ0n) is 9.95. The molecule has 2 amide bonds. The summed E-state index contributed by atoms with van der Waals surface area (Å²) in [5, 5.41) is 0. The Kier molecular flexibility index (Phi) is 3.57. The molecule has 1 rings (SSSR count). The fraction of sp³-hybridized carbons (Fsp3) is 0.636. The van der Waals surface area contributed by atoms with Crippen LogP contribution in [0.15, 0.2) is 11.6 Å². The van der Waals surface area contributed by atoms with Crippen LogP contribution in [0.5, 0.6) is 0 Å². The third kappa shape index (κ3) is 3.56. The highest BCUT2D eigenvalue weighted by molar-refractivity contribution is 5.92. The van der Waals surface area contributed by atoms with E-state index in [1.54, 1.807) is 11.0 Å². The van der Waals surface area contributed by atoms with Gasteiger partial charge in [0.15, 0.2) is 0 Å². The van der Waals surface area contributed by atoms with Crippen molar-refractivity contribution in [1.29, 1.82) is 0 Å². The maximum absolute atomic E-state index is 11.6. The van der Waals surface area contributed by atoms with Crippen molar-refractivity contribution in [3.05, 3.63) is 11.6 Å². The number of primary amides is 1. The topological polar surface area (TPSA) is 72.6 Å². The minimum absolute atomic E-state index is 0.354. The van der Waals surface area contributed by atoms with Gasteiger partial charge in [0.1, 0.15) is 5.60 Å². The van der Waals surface area contributed by atoms with Gasteiger partial charge in [0.2, 0.25) is 5.91 Å². The van der Waals surface area contributed by atoms with Gasteiger partial charge < -0.3 is 15.4 Å². The van der Waals surface area contributed by atoms with Crippen molar-refractivity contribution in [2.75, 3.05) is 13.1 Å². The molecule has 0 radical (unpaired) electrons. The van der Waals surface area contributed by atoms with Gasteiger partial charge >= 0.3 is 6.09 Å². The number of amides is 2. The summed E-state index contributed by atoms with van der Waals surface area (Å²) in [7, 11) is 0. The summed E-state index contributed by atoms with van der Waals surface area (Å²) in [5.74, 6) is -0.413. The lowest BCUT2D eigenvalue weighted by molar-refractivity contribution is -0.114. The SMILES string of the molecule is CC(C)(C)OC(=O)N1CC=C(C(N)=O)CC1. The summed E-state index contributed by atoms with van der Waals surface area (Å²) in [6, 6.07) is 0. The van der Waals surface area contributed by atoms with E-state index < -0.39 is 11.5 Å². The lowest BCUT2D eigenvalue weighted by Gasteiger charge is -2.29. The molecule has 2 N–H and O–H groups in total. The highest BCUT2D eigenvalue weighted by Crippen LogP contribution is 2.14. The molecule has 0 aromatic carbocycles. The molecule has 0 saturated heterocycles. The van der Waals surface area contributed by atoms with Crippen molar-refractivity contribution in [3.63, 3.8) is 0 Å².